The zero-order valence-electron chi connectivity index (χ0n) is 11.6. The molecule has 0 bridgehead atoms. The summed E-state index contributed by atoms with van der Waals surface area (Å²) >= 11 is 0. The maximum absolute atomic E-state index is 12.3. The Labute approximate surface area is 119 Å². The van der Waals surface area contributed by atoms with Crippen LogP contribution in [-0.2, 0) is 10.0 Å². The van der Waals surface area contributed by atoms with Gasteiger partial charge in [0.25, 0.3) is 0 Å². The Kier molecular flexibility index (Phi) is 4.67. The van der Waals surface area contributed by atoms with E-state index in [0.717, 1.165) is 19.3 Å². The van der Waals surface area contributed by atoms with Crippen molar-refractivity contribution in [3.8, 4) is 5.75 Å². The van der Waals surface area contributed by atoms with Crippen molar-refractivity contribution in [2.24, 2.45) is 0 Å². The van der Waals surface area contributed by atoms with E-state index < -0.39 is 10.0 Å². The first-order chi connectivity index (χ1) is 9.53. The molecule has 0 heterocycles. The van der Waals surface area contributed by atoms with Gasteiger partial charge in [-0.25, -0.2) is 13.1 Å². The molecular formula is C14H20N2O3S. The fourth-order valence-electron chi connectivity index (χ4n) is 2.29. The van der Waals surface area contributed by atoms with Crippen LogP contribution in [0.1, 0.15) is 25.7 Å². The number of anilines is 1. The molecule has 0 fully saturated rings. The molecule has 0 atom stereocenters. The molecule has 1 aliphatic carbocycles. The van der Waals surface area contributed by atoms with E-state index in [0.29, 0.717) is 18.0 Å². The zero-order chi connectivity index (χ0) is 14.6. The number of ether oxygens (including phenoxy) is 1. The highest BCUT2D eigenvalue weighted by atomic mass is 32.2. The summed E-state index contributed by atoms with van der Waals surface area (Å²) in [5, 5.41) is 0. The number of methoxy groups -OCH3 is 1. The molecule has 1 aromatic rings. The Bertz CT molecular complexity index is 609. The van der Waals surface area contributed by atoms with Gasteiger partial charge >= 0.3 is 0 Å². The largest absolute Gasteiger partial charge is 0.495 e. The number of hydrogen-bond donors (Lipinski definition) is 2. The number of hydrogen-bond acceptors (Lipinski definition) is 4. The maximum Gasteiger partial charge on any atom is 0.244 e. The van der Waals surface area contributed by atoms with Gasteiger partial charge in [0.05, 0.1) is 7.11 Å². The minimum Gasteiger partial charge on any atom is -0.495 e. The SMILES string of the molecule is COc1ccc(N)cc1S(=O)(=O)NCCC1=CCCC1. The molecule has 0 spiro atoms. The van der Waals surface area contributed by atoms with Gasteiger partial charge in [0.1, 0.15) is 10.6 Å². The van der Waals surface area contributed by atoms with Crippen molar-refractivity contribution in [1.82, 2.24) is 4.72 Å². The van der Waals surface area contributed by atoms with E-state index in [2.05, 4.69) is 10.8 Å². The van der Waals surface area contributed by atoms with Crippen LogP contribution in [0.15, 0.2) is 34.7 Å². The lowest BCUT2D eigenvalue weighted by Gasteiger charge is -2.11. The molecule has 0 unspecified atom stereocenters. The van der Waals surface area contributed by atoms with Crippen LogP contribution in [0.4, 0.5) is 5.69 Å². The third-order valence-electron chi connectivity index (χ3n) is 3.35. The number of sulfonamides is 1. The number of nitrogen functional groups attached to an aromatic ring is 1. The first kappa shape index (κ1) is 14.9. The van der Waals surface area contributed by atoms with Gasteiger partial charge in [-0.15, -0.1) is 0 Å². The summed E-state index contributed by atoms with van der Waals surface area (Å²) in [5.74, 6) is 0.298. The van der Waals surface area contributed by atoms with Gasteiger partial charge < -0.3 is 10.5 Å². The van der Waals surface area contributed by atoms with Crippen molar-refractivity contribution in [3.05, 3.63) is 29.8 Å². The molecule has 110 valence electrons. The average Bonchev–Trinajstić information content (AvgIpc) is 2.91. The van der Waals surface area contributed by atoms with E-state index in [1.54, 1.807) is 12.1 Å². The Hall–Kier alpha value is -1.53. The summed E-state index contributed by atoms with van der Waals surface area (Å²) in [7, 11) is -2.16. The lowest BCUT2D eigenvalue weighted by molar-refractivity contribution is 0.402. The van der Waals surface area contributed by atoms with Crippen molar-refractivity contribution >= 4 is 15.7 Å². The predicted molar refractivity (Wildman–Crippen MR) is 79.1 cm³/mol. The van der Waals surface area contributed by atoms with Gasteiger partial charge in [-0.3, -0.25) is 0 Å². The van der Waals surface area contributed by atoms with Gasteiger partial charge in [-0.1, -0.05) is 11.6 Å². The van der Waals surface area contributed by atoms with E-state index in [9.17, 15) is 8.42 Å². The van der Waals surface area contributed by atoms with Crippen LogP contribution in [0.5, 0.6) is 5.75 Å². The zero-order valence-corrected chi connectivity index (χ0v) is 12.4. The summed E-state index contributed by atoms with van der Waals surface area (Å²) in [6.45, 7) is 0.395. The second-order valence-electron chi connectivity index (χ2n) is 4.81. The second kappa shape index (κ2) is 6.28. The second-order valence-corrected chi connectivity index (χ2v) is 6.55. The minimum atomic E-state index is -3.60. The van der Waals surface area contributed by atoms with E-state index in [4.69, 9.17) is 10.5 Å². The smallest absolute Gasteiger partial charge is 0.244 e. The predicted octanol–water partition coefficient (Wildman–Crippen LogP) is 2.06. The van der Waals surface area contributed by atoms with Gasteiger partial charge in [0.15, 0.2) is 0 Å². The highest BCUT2D eigenvalue weighted by Crippen LogP contribution is 2.26. The number of allylic oxidation sites excluding steroid dienone is 1. The van der Waals surface area contributed by atoms with Crippen molar-refractivity contribution in [3.63, 3.8) is 0 Å². The molecule has 0 saturated heterocycles. The van der Waals surface area contributed by atoms with Crippen LogP contribution in [0.3, 0.4) is 0 Å². The molecular weight excluding hydrogens is 276 g/mol. The summed E-state index contributed by atoms with van der Waals surface area (Å²) < 4.78 is 32.2. The van der Waals surface area contributed by atoms with Crippen LogP contribution >= 0.6 is 0 Å². The van der Waals surface area contributed by atoms with Crippen LogP contribution < -0.4 is 15.2 Å². The molecule has 2 rings (SSSR count). The van der Waals surface area contributed by atoms with E-state index in [-0.39, 0.29) is 4.90 Å². The number of benzene rings is 1. The fraction of sp³-hybridized carbons (Fsp3) is 0.429. The average molecular weight is 296 g/mol. The Morgan fingerprint density at radius 2 is 2.20 bits per heavy atom. The maximum atomic E-state index is 12.3. The van der Waals surface area contributed by atoms with Crippen LogP contribution in [0.2, 0.25) is 0 Å². The van der Waals surface area contributed by atoms with E-state index >= 15 is 0 Å². The highest BCUT2D eigenvalue weighted by molar-refractivity contribution is 7.89. The monoisotopic (exact) mass is 296 g/mol. The van der Waals surface area contributed by atoms with Crippen LogP contribution in [-0.4, -0.2) is 22.1 Å². The molecule has 20 heavy (non-hydrogen) atoms. The lowest BCUT2D eigenvalue weighted by atomic mass is 10.2. The standard InChI is InChI=1S/C14H20N2O3S/c1-19-13-7-6-12(15)10-14(13)20(17,18)16-9-8-11-4-2-3-5-11/h4,6-7,10,16H,2-3,5,8-9,15H2,1H3. The Balaban J connectivity index is 2.07. The van der Waals surface area contributed by atoms with Crippen LogP contribution in [0, 0.1) is 0 Å². The van der Waals surface area contributed by atoms with Crippen LogP contribution in [0.25, 0.3) is 0 Å². The first-order valence-electron chi connectivity index (χ1n) is 6.64. The first-order valence-corrected chi connectivity index (χ1v) is 8.12. The summed E-state index contributed by atoms with van der Waals surface area (Å²) in [5.41, 5.74) is 7.37. The van der Waals surface area contributed by atoms with Gasteiger partial charge in [0, 0.05) is 12.2 Å². The van der Waals surface area contributed by atoms with Crippen molar-refractivity contribution in [2.45, 2.75) is 30.6 Å². The molecule has 0 aromatic heterocycles. The van der Waals surface area contributed by atoms with Crippen molar-refractivity contribution in [2.75, 3.05) is 19.4 Å². The van der Waals surface area contributed by atoms with Crippen molar-refractivity contribution < 1.29 is 13.2 Å². The third kappa shape index (κ3) is 3.52. The molecule has 0 saturated carbocycles. The van der Waals surface area contributed by atoms with E-state index in [1.807, 2.05) is 0 Å². The highest BCUT2D eigenvalue weighted by Gasteiger charge is 2.19. The molecule has 0 amide bonds. The molecule has 0 aliphatic heterocycles. The summed E-state index contributed by atoms with van der Waals surface area (Å²) in [6.07, 6.45) is 6.29. The summed E-state index contributed by atoms with van der Waals surface area (Å²) in [4.78, 5) is 0.0837. The molecule has 1 aliphatic rings. The number of nitrogens with two attached hydrogens (primary N) is 1. The molecule has 6 heteroatoms. The normalized spacial score (nSPS) is 15.2. The molecule has 5 nitrogen and oxygen atoms in total. The fourth-order valence-corrected chi connectivity index (χ4v) is 3.53. The number of rotatable bonds is 6. The lowest BCUT2D eigenvalue weighted by Crippen LogP contribution is -2.25. The van der Waals surface area contributed by atoms with Gasteiger partial charge in [0.2, 0.25) is 10.0 Å². The van der Waals surface area contributed by atoms with Gasteiger partial charge in [-0.2, -0.15) is 0 Å². The van der Waals surface area contributed by atoms with E-state index in [1.165, 1.54) is 25.2 Å². The quantitative estimate of drug-likeness (QED) is 0.622. The van der Waals surface area contributed by atoms with Crippen molar-refractivity contribution in [1.29, 1.82) is 0 Å². The Morgan fingerprint density at radius 1 is 1.40 bits per heavy atom. The van der Waals surface area contributed by atoms with Gasteiger partial charge in [-0.05, 0) is 43.9 Å². The minimum absolute atomic E-state index is 0.0837. The number of nitrogens with one attached hydrogen (secondary N) is 1. The molecule has 0 radical (unpaired) electrons. The topological polar surface area (TPSA) is 81.4 Å². The molecule has 1 aromatic carbocycles. The Morgan fingerprint density at radius 3 is 2.85 bits per heavy atom. The third-order valence-corrected chi connectivity index (χ3v) is 4.83. The molecule has 3 N–H and O–H groups in total. The summed E-state index contributed by atoms with van der Waals surface area (Å²) in [6, 6.07) is 4.58.